The number of benzene rings is 1. The van der Waals surface area contributed by atoms with Crippen LogP contribution in [0.1, 0.15) is 5.56 Å². The predicted molar refractivity (Wildman–Crippen MR) is 66.3 cm³/mol. The van der Waals surface area contributed by atoms with Crippen molar-refractivity contribution in [2.24, 2.45) is 0 Å². The smallest absolute Gasteiger partial charge is 0.224 e. The summed E-state index contributed by atoms with van der Waals surface area (Å²) in [6.45, 7) is 2.06. The Morgan fingerprint density at radius 3 is 2.62 bits per heavy atom. The molecule has 16 heavy (non-hydrogen) atoms. The molecule has 1 heterocycles. The summed E-state index contributed by atoms with van der Waals surface area (Å²) >= 11 is 5.77. The van der Waals surface area contributed by atoms with Gasteiger partial charge in [-0.05, 0) is 36.2 Å². The lowest BCUT2D eigenvalue weighted by molar-refractivity contribution is 1.07. The van der Waals surface area contributed by atoms with E-state index < -0.39 is 0 Å². The van der Waals surface area contributed by atoms with Gasteiger partial charge in [0.2, 0.25) is 5.28 Å². The maximum atomic E-state index is 5.77. The second kappa shape index (κ2) is 4.49. The lowest BCUT2D eigenvalue weighted by Gasteiger charge is -2.20. The fourth-order valence-corrected chi connectivity index (χ4v) is 1.72. The van der Waals surface area contributed by atoms with Gasteiger partial charge in [0, 0.05) is 18.9 Å². The second-order valence-electron chi connectivity index (χ2n) is 3.53. The van der Waals surface area contributed by atoms with Crippen LogP contribution in [-0.2, 0) is 0 Å². The van der Waals surface area contributed by atoms with E-state index in [4.69, 9.17) is 11.6 Å². The van der Waals surface area contributed by atoms with Gasteiger partial charge in [0.15, 0.2) is 0 Å². The largest absolute Gasteiger partial charge is 0.329 e. The highest BCUT2D eigenvalue weighted by Crippen LogP contribution is 2.24. The van der Waals surface area contributed by atoms with Crippen molar-refractivity contribution in [3.63, 3.8) is 0 Å². The first-order chi connectivity index (χ1) is 7.68. The molecule has 2 aromatic rings. The van der Waals surface area contributed by atoms with Crippen molar-refractivity contribution in [2.45, 2.75) is 6.92 Å². The molecule has 0 aliphatic carbocycles. The van der Waals surface area contributed by atoms with Crippen molar-refractivity contribution in [1.29, 1.82) is 0 Å². The first kappa shape index (κ1) is 10.9. The third kappa shape index (κ3) is 2.14. The monoisotopic (exact) mass is 233 g/mol. The van der Waals surface area contributed by atoms with E-state index in [1.807, 2.05) is 36.2 Å². The molecule has 0 atom stereocenters. The first-order valence-corrected chi connectivity index (χ1v) is 5.34. The molecule has 0 fully saturated rings. The summed E-state index contributed by atoms with van der Waals surface area (Å²) in [5.41, 5.74) is 2.30. The number of rotatable bonds is 2. The predicted octanol–water partition coefficient (Wildman–Crippen LogP) is 3.21. The van der Waals surface area contributed by atoms with Gasteiger partial charge in [0.05, 0.1) is 0 Å². The number of halogens is 1. The Morgan fingerprint density at radius 1 is 1.19 bits per heavy atom. The summed E-state index contributed by atoms with van der Waals surface area (Å²) in [5.74, 6) is 0.786. The molecule has 0 radical (unpaired) electrons. The zero-order valence-electron chi connectivity index (χ0n) is 9.18. The standard InChI is InChI=1S/C12H12ClN3/c1-9-5-3-4-6-10(9)16(2)11-7-8-14-12(13)15-11/h3-8H,1-2H3. The second-order valence-corrected chi connectivity index (χ2v) is 3.87. The van der Waals surface area contributed by atoms with Crippen LogP contribution in [0.25, 0.3) is 0 Å². The van der Waals surface area contributed by atoms with Crippen molar-refractivity contribution in [3.05, 3.63) is 47.4 Å². The summed E-state index contributed by atoms with van der Waals surface area (Å²) in [6.07, 6.45) is 1.65. The highest BCUT2D eigenvalue weighted by molar-refractivity contribution is 6.28. The Labute approximate surface area is 99.7 Å². The van der Waals surface area contributed by atoms with Crippen LogP contribution < -0.4 is 4.90 Å². The van der Waals surface area contributed by atoms with Crippen LogP contribution >= 0.6 is 11.6 Å². The number of aromatic nitrogens is 2. The van der Waals surface area contributed by atoms with E-state index in [0.717, 1.165) is 11.5 Å². The zero-order valence-corrected chi connectivity index (χ0v) is 9.94. The Hall–Kier alpha value is -1.61. The van der Waals surface area contributed by atoms with E-state index in [1.165, 1.54) is 5.56 Å². The normalized spacial score (nSPS) is 10.2. The van der Waals surface area contributed by atoms with Gasteiger partial charge in [-0.3, -0.25) is 0 Å². The average molecular weight is 234 g/mol. The molecular formula is C12H12ClN3. The van der Waals surface area contributed by atoms with Gasteiger partial charge in [-0.25, -0.2) is 9.97 Å². The molecule has 0 unspecified atom stereocenters. The van der Waals surface area contributed by atoms with Gasteiger partial charge < -0.3 is 4.90 Å². The topological polar surface area (TPSA) is 29.0 Å². The summed E-state index contributed by atoms with van der Waals surface area (Å²) < 4.78 is 0. The third-order valence-corrected chi connectivity index (χ3v) is 2.61. The van der Waals surface area contributed by atoms with E-state index in [0.29, 0.717) is 0 Å². The maximum absolute atomic E-state index is 5.77. The molecule has 0 N–H and O–H groups in total. The molecule has 2 rings (SSSR count). The number of anilines is 2. The molecule has 1 aromatic heterocycles. The highest BCUT2D eigenvalue weighted by Gasteiger charge is 2.07. The van der Waals surface area contributed by atoms with Crippen LogP contribution in [-0.4, -0.2) is 17.0 Å². The minimum atomic E-state index is 0.262. The van der Waals surface area contributed by atoms with Crippen molar-refractivity contribution < 1.29 is 0 Å². The fourth-order valence-electron chi connectivity index (χ4n) is 1.58. The van der Waals surface area contributed by atoms with Crippen LogP contribution in [0.5, 0.6) is 0 Å². The van der Waals surface area contributed by atoms with Gasteiger partial charge in [0.1, 0.15) is 5.82 Å². The SMILES string of the molecule is Cc1ccccc1N(C)c1ccnc(Cl)n1. The Bertz CT molecular complexity index is 499. The molecule has 0 aliphatic rings. The summed E-state index contributed by atoms with van der Waals surface area (Å²) in [6, 6.07) is 9.96. The number of aryl methyl sites for hydroxylation is 1. The quantitative estimate of drug-likeness (QED) is 0.746. The lowest BCUT2D eigenvalue weighted by atomic mass is 10.2. The molecule has 0 spiro atoms. The first-order valence-electron chi connectivity index (χ1n) is 4.96. The minimum absolute atomic E-state index is 0.262. The van der Waals surface area contributed by atoms with Crippen molar-refractivity contribution in [1.82, 2.24) is 9.97 Å². The van der Waals surface area contributed by atoms with Gasteiger partial charge in [0.25, 0.3) is 0 Å². The van der Waals surface area contributed by atoms with Crippen LogP contribution in [0.2, 0.25) is 5.28 Å². The molecule has 0 saturated carbocycles. The minimum Gasteiger partial charge on any atom is -0.329 e. The molecule has 0 aliphatic heterocycles. The third-order valence-electron chi connectivity index (χ3n) is 2.43. The van der Waals surface area contributed by atoms with E-state index in [-0.39, 0.29) is 5.28 Å². The van der Waals surface area contributed by atoms with Gasteiger partial charge >= 0.3 is 0 Å². The van der Waals surface area contributed by atoms with E-state index in [9.17, 15) is 0 Å². The van der Waals surface area contributed by atoms with Gasteiger partial charge in [-0.1, -0.05) is 18.2 Å². The van der Waals surface area contributed by atoms with Crippen molar-refractivity contribution in [3.8, 4) is 0 Å². The van der Waals surface area contributed by atoms with Crippen LogP contribution in [0.4, 0.5) is 11.5 Å². The number of nitrogens with zero attached hydrogens (tertiary/aromatic N) is 3. The molecule has 1 aromatic carbocycles. The van der Waals surface area contributed by atoms with Crippen molar-refractivity contribution >= 4 is 23.1 Å². The summed E-state index contributed by atoms with van der Waals surface area (Å²) in [7, 11) is 1.96. The fraction of sp³-hybridized carbons (Fsp3) is 0.167. The number of hydrogen-bond acceptors (Lipinski definition) is 3. The molecule has 3 nitrogen and oxygen atoms in total. The summed E-state index contributed by atoms with van der Waals surface area (Å²) in [5, 5.41) is 0.262. The number of para-hydroxylation sites is 1. The molecule has 0 bridgehead atoms. The molecule has 0 amide bonds. The molecule has 82 valence electrons. The average Bonchev–Trinajstić information content (AvgIpc) is 2.29. The highest BCUT2D eigenvalue weighted by atomic mass is 35.5. The van der Waals surface area contributed by atoms with Gasteiger partial charge in [-0.2, -0.15) is 0 Å². The van der Waals surface area contributed by atoms with Crippen LogP contribution in [0.15, 0.2) is 36.5 Å². The zero-order chi connectivity index (χ0) is 11.5. The Kier molecular flexibility index (Phi) is 3.06. The van der Waals surface area contributed by atoms with Crippen LogP contribution in [0, 0.1) is 6.92 Å². The molecular weight excluding hydrogens is 222 g/mol. The molecule has 0 saturated heterocycles. The van der Waals surface area contributed by atoms with E-state index in [1.54, 1.807) is 6.20 Å². The Morgan fingerprint density at radius 2 is 1.94 bits per heavy atom. The maximum Gasteiger partial charge on any atom is 0.224 e. The number of hydrogen-bond donors (Lipinski definition) is 0. The van der Waals surface area contributed by atoms with Crippen molar-refractivity contribution in [2.75, 3.05) is 11.9 Å². The summed E-state index contributed by atoms with van der Waals surface area (Å²) in [4.78, 5) is 10.0. The lowest BCUT2D eigenvalue weighted by Crippen LogP contribution is -2.12. The van der Waals surface area contributed by atoms with Crippen LogP contribution in [0.3, 0.4) is 0 Å². The van der Waals surface area contributed by atoms with E-state index in [2.05, 4.69) is 23.0 Å². The Balaban J connectivity index is 2.39. The molecule has 4 heteroatoms. The van der Waals surface area contributed by atoms with E-state index >= 15 is 0 Å². The van der Waals surface area contributed by atoms with Gasteiger partial charge in [-0.15, -0.1) is 0 Å².